The summed E-state index contributed by atoms with van der Waals surface area (Å²) in [6.07, 6.45) is 0.357. The average Bonchev–Trinajstić information content (AvgIpc) is 3.42. The number of nitrogens with one attached hydrogen (secondary N) is 1. The Morgan fingerprint density at radius 3 is 2.50 bits per heavy atom. The molecule has 1 saturated heterocycles. The molecule has 0 radical (unpaired) electrons. The number of fused-ring (bicyclic) bond motifs is 1. The van der Waals surface area contributed by atoms with Crippen molar-refractivity contribution >= 4 is 61.5 Å². The van der Waals surface area contributed by atoms with Gasteiger partial charge in [0.05, 0.1) is 21.3 Å². The molecule has 226 valence electrons. The van der Waals surface area contributed by atoms with Crippen LogP contribution in [0.15, 0.2) is 98.6 Å². The first-order valence-electron chi connectivity index (χ1n) is 13.5. The molecule has 3 heterocycles. The third kappa shape index (κ3) is 6.42. The number of halogens is 1. The van der Waals surface area contributed by atoms with Gasteiger partial charge in [0.2, 0.25) is 5.91 Å². The van der Waals surface area contributed by atoms with E-state index in [0.717, 1.165) is 16.6 Å². The van der Waals surface area contributed by atoms with E-state index in [1.54, 1.807) is 35.2 Å². The lowest BCUT2D eigenvalue weighted by Crippen LogP contribution is -2.42. The maximum Gasteiger partial charge on any atom is 0.415 e. The van der Waals surface area contributed by atoms with Crippen molar-refractivity contribution in [1.29, 1.82) is 0 Å². The minimum atomic E-state index is -4.22. The highest BCUT2D eigenvalue weighted by molar-refractivity contribution is 7.99. The Labute approximate surface area is 261 Å². The molecular formula is C29H25ClN6O6S2. The number of carbonyl (C=O) groups is 1. The van der Waals surface area contributed by atoms with Crippen LogP contribution in [0.4, 0.5) is 11.5 Å². The molecule has 1 N–H and O–H groups in total. The van der Waals surface area contributed by atoms with E-state index in [1.807, 2.05) is 36.4 Å². The topological polar surface area (TPSA) is 154 Å². The van der Waals surface area contributed by atoms with Gasteiger partial charge in [0.15, 0.2) is 5.16 Å². The highest BCUT2D eigenvalue weighted by Gasteiger charge is 2.37. The number of ether oxygens (including phenoxy) is 1. The van der Waals surface area contributed by atoms with Crippen LogP contribution in [-0.2, 0) is 14.6 Å². The lowest BCUT2D eigenvalue weighted by molar-refractivity contribution is -0.832. The van der Waals surface area contributed by atoms with Crippen LogP contribution >= 0.6 is 23.4 Å². The van der Waals surface area contributed by atoms with Crippen molar-refractivity contribution in [2.24, 2.45) is 0 Å². The molecule has 0 saturated carbocycles. The summed E-state index contributed by atoms with van der Waals surface area (Å²) in [7, 11) is -4.22. The Hall–Kier alpha value is -4.40. The summed E-state index contributed by atoms with van der Waals surface area (Å²) in [6, 6.07) is 22.4. The molecule has 1 aliphatic rings. The molecule has 15 heteroatoms. The van der Waals surface area contributed by atoms with Crippen LogP contribution in [-0.4, -0.2) is 59.3 Å². The minimum absolute atomic E-state index is 0.0844. The summed E-state index contributed by atoms with van der Waals surface area (Å²) in [5.41, 5.74) is 1.56. The number of piperidine rings is 1. The van der Waals surface area contributed by atoms with Crippen LogP contribution in [0.2, 0.25) is 5.02 Å². The number of nitrogens with zero attached hydrogens (tertiary/aromatic N) is 5. The van der Waals surface area contributed by atoms with Gasteiger partial charge in [-0.05, 0) is 53.4 Å². The lowest BCUT2D eigenvalue weighted by Gasteiger charge is -2.31. The molecule has 6 rings (SSSR count). The van der Waals surface area contributed by atoms with Crippen LogP contribution in [0.25, 0.3) is 10.9 Å². The van der Waals surface area contributed by atoms with Crippen molar-refractivity contribution in [3.63, 3.8) is 0 Å². The SMILES string of the molecule is O=C(CSc1nc(Nc2ccc(Cl)cc2)c2ccccc2n1)N1CCC(Oc2no[n+]([O-])c2S(=O)(=O)c2ccccc2)CC1. The number of aromatic nitrogens is 4. The second-order valence-corrected chi connectivity index (χ2v) is 13.1. The van der Waals surface area contributed by atoms with Crippen molar-refractivity contribution in [3.8, 4) is 5.88 Å². The van der Waals surface area contributed by atoms with Gasteiger partial charge in [-0.25, -0.2) is 18.4 Å². The van der Waals surface area contributed by atoms with E-state index >= 15 is 0 Å². The molecule has 2 aromatic heterocycles. The fourth-order valence-corrected chi connectivity index (χ4v) is 6.87. The van der Waals surface area contributed by atoms with Gasteiger partial charge >= 0.3 is 10.9 Å². The smallest absolute Gasteiger partial charge is 0.415 e. The number of sulfone groups is 1. The van der Waals surface area contributed by atoms with Crippen LogP contribution in [0, 0.1) is 5.21 Å². The Kier molecular flexibility index (Phi) is 8.55. The van der Waals surface area contributed by atoms with E-state index in [0.29, 0.717) is 41.9 Å². The van der Waals surface area contributed by atoms with Crippen molar-refractivity contribution in [2.45, 2.75) is 34.0 Å². The van der Waals surface area contributed by atoms with E-state index in [2.05, 4.69) is 25.1 Å². The summed E-state index contributed by atoms with van der Waals surface area (Å²) in [6.45, 7) is 0.754. The standard InChI is InChI=1S/C29H25ClN6O6S2/c30-19-10-12-20(13-11-19)31-26-23-8-4-5-9-24(23)32-29(33-26)43-18-25(37)35-16-14-21(15-17-35)41-27-28(36(38)42-34-27)44(39,40)22-6-2-1-3-7-22/h1-13,21H,14-18H2,(H,31,32,33). The summed E-state index contributed by atoms with van der Waals surface area (Å²) < 4.78 is 36.4. The van der Waals surface area contributed by atoms with E-state index in [1.165, 1.54) is 23.9 Å². The van der Waals surface area contributed by atoms with E-state index < -0.39 is 26.8 Å². The van der Waals surface area contributed by atoms with Gasteiger partial charge in [0.25, 0.3) is 9.84 Å². The average molecular weight is 653 g/mol. The van der Waals surface area contributed by atoms with Crippen LogP contribution in [0.1, 0.15) is 12.8 Å². The molecule has 3 aromatic carbocycles. The second kappa shape index (κ2) is 12.7. The van der Waals surface area contributed by atoms with Gasteiger partial charge < -0.3 is 20.2 Å². The molecule has 0 spiro atoms. The predicted octanol–water partition coefficient (Wildman–Crippen LogP) is 4.64. The Morgan fingerprint density at radius 1 is 1.05 bits per heavy atom. The van der Waals surface area contributed by atoms with Crippen molar-refractivity contribution < 1.29 is 27.5 Å². The molecule has 44 heavy (non-hydrogen) atoms. The fraction of sp³-hybridized carbons (Fsp3) is 0.207. The van der Waals surface area contributed by atoms with Gasteiger partial charge in [0.1, 0.15) is 11.9 Å². The number of hydrogen-bond acceptors (Lipinski definition) is 11. The second-order valence-electron chi connectivity index (χ2n) is 9.85. The van der Waals surface area contributed by atoms with Gasteiger partial charge in [-0.1, -0.05) is 53.7 Å². The monoisotopic (exact) mass is 652 g/mol. The summed E-state index contributed by atoms with van der Waals surface area (Å²) in [5, 5.41) is 20.3. The Bertz CT molecular complexity index is 1900. The third-order valence-corrected chi connectivity index (χ3v) is 9.75. The van der Waals surface area contributed by atoms with E-state index in [9.17, 15) is 18.4 Å². The first-order chi connectivity index (χ1) is 21.3. The summed E-state index contributed by atoms with van der Waals surface area (Å²) >= 11 is 7.26. The zero-order valence-electron chi connectivity index (χ0n) is 23.0. The number of likely N-dealkylation sites (tertiary alicyclic amines) is 1. The molecular weight excluding hydrogens is 628 g/mol. The quantitative estimate of drug-likeness (QED) is 0.134. The van der Waals surface area contributed by atoms with Gasteiger partial charge in [-0.15, -0.1) is 0 Å². The van der Waals surface area contributed by atoms with Gasteiger partial charge in [-0.3, -0.25) is 9.42 Å². The molecule has 1 amide bonds. The molecule has 0 bridgehead atoms. The molecule has 1 aliphatic heterocycles. The number of anilines is 2. The van der Waals surface area contributed by atoms with Crippen molar-refractivity contribution in [3.05, 3.63) is 89.1 Å². The lowest BCUT2D eigenvalue weighted by atomic mass is 10.1. The normalized spacial score (nSPS) is 14.1. The third-order valence-electron chi connectivity index (χ3n) is 6.94. The molecule has 0 atom stereocenters. The molecule has 5 aromatic rings. The highest BCUT2D eigenvalue weighted by Crippen LogP contribution is 2.29. The summed E-state index contributed by atoms with van der Waals surface area (Å²) in [5.74, 6) is 0.249. The molecule has 12 nitrogen and oxygen atoms in total. The molecule has 0 unspecified atom stereocenters. The van der Waals surface area contributed by atoms with Crippen LogP contribution < -0.4 is 15.0 Å². The van der Waals surface area contributed by atoms with Gasteiger partial charge in [-0.2, -0.15) is 0 Å². The number of para-hydroxylation sites is 1. The van der Waals surface area contributed by atoms with E-state index in [4.69, 9.17) is 16.3 Å². The largest absolute Gasteiger partial charge is 0.451 e. The fourth-order valence-electron chi connectivity index (χ4n) is 4.71. The van der Waals surface area contributed by atoms with Crippen molar-refractivity contribution in [1.82, 2.24) is 20.0 Å². The molecule has 0 aliphatic carbocycles. The highest BCUT2D eigenvalue weighted by atomic mass is 35.5. The summed E-state index contributed by atoms with van der Waals surface area (Å²) in [4.78, 5) is 23.8. The zero-order chi connectivity index (χ0) is 30.7. The minimum Gasteiger partial charge on any atom is -0.451 e. The number of hydrogen-bond donors (Lipinski definition) is 1. The number of benzene rings is 3. The predicted molar refractivity (Wildman–Crippen MR) is 163 cm³/mol. The number of carbonyl (C=O) groups excluding carboxylic acids is 1. The maximum atomic E-state index is 13.1. The van der Waals surface area contributed by atoms with Crippen LogP contribution in [0.5, 0.6) is 5.88 Å². The van der Waals surface area contributed by atoms with Crippen molar-refractivity contribution in [2.75, 3.05) is 24.2 Å². The first kappa shape index (κ1) is 29.7. The number of thioether (sulfide) groups is 1. The Morgan fingerprint density at radius 2 is 1.75 bits per heavy atom. The van der Waals surface area contributed by atoms with Gasteiger partial charge in [0, 0.05) is 42.0 Å². The number of rotatable bonds is 9. The van der Waals surface area contributed by atoms with Crippen LogP contribution in [0.3, 0.4) is 0 Å². The number of amides is 1. The van der Waals surface area contributed by atoms with E-state index in [-0.39, 0.29) is 21.5 Å². The first-order valence-corrected chi connectivity index (χ1v) is 16.4. The maximum absolute atomic E-state index is 13.1. The zero-order valence-corrected chi connectivity index (χ0v) is 25.4. The Balaban J connectivity index is 1.08. The molecule has 1 fully saturated rings.